The number of pyridine rings is 1. The third-order valence-corrected chi connectivity index (χ3v) is 2.94. The summed E-state index contributed by atoms with van der Waals surface area (Å²) in [4.78, 5) is 19.7. The summed E-state index contributed by atoms with van der Waals surface area (Å²) in [7, 11) is 0. The molecule has 0 fully saturated rings. The molecule has 0 amide bonds. The Kier molecular flexibility index (Phi) is 2.37. The first-order valence-electron chi connectivity index (χ1n) is 5.84. The molecule has 0 saturated carbocycles. The molecule has 0 spiro atoms. The van der Waals surface area contributed by atoms with Crippen LogP contribution in [-0.2, 0) is 0 Å². The van der Waals surface area contributed by atoms with E-state index >= 15 is 0 Å². The lowest BCUT2D eigenvalue weighted by Gasteiger charge is -2.07. The molecule has 0 atom stereocenters. The standard InChI is InChI=1S/C14H12N2O2/c1-8(2)13-10-6-9-4-3-5-15-11(9)7-12(10)18-14(17)16-13/h3-8H,1-2H3. The Morgan fingerprint density at radius 1 is 1.28 bits per heavy atom. The van der Waals surface area contributed by atoms with Crippen molar-refractivity contribution in [3.63, 3.8) is 0 Å². The minimum absolute atomic E-state index is 0.172. The first-order valence-corrected chi connectivity index (χ1v) is 5.84. The van der Waals surface area contributed by atoms with Gasteiger partial charge in [-0.1, -0.05) is 19.9 Å². The molecule has 0 unspecified atom stereocenters. The van der Waals surface area contributed by atoms with Crippen molar-refractivity contribution in [2.45, 2.75) is 19.8 Å². The summed E-state index contributed by atoms with van der Waals surface area (Å²) in [5.41, 5.74) is 2.13. The summed E-state index contributed by atoms with van der Waals surface area (Å²) in [5.74, 6) is -0.382. The summed E-state index contributed by atoms with van der Waals surface area (Å²) < 4.78 is 5.15. The Labute approximate surface area is 103 Å². The first-order chi connectivity index (χ1) is 8.65. The van der Waals surface area contributed by atoms with Crippen molar-refractivity contribution in [2.24, 2.45) is 0 Å². The Morgan fingerprint density at radius 2 is 2.11 bits per heavy atom. The van der Waals surface area contributed by atoms with E-state index in [0.29, 0.717) is 5.58 Å². The number of nitrogens with zero attached hydrogens (tertiary/aromatic N) is 2. The zero-order valence-electron chi connectivity index (χ0n) is 10.2. The number of benzene rings is 1. The van der Waals surface area contributed by atoms with Crippen LogP contribution in [0.2, 0.25) is 0 Å². The molecule has 3 aromatic rings. The van der Waals surface area contributed by atoms with Gasteiger partial charge in [-0.15, -0.1) is 0 Å². The van der Waals surface area contributed by atoms with E-state index in [4.69, 9.17) is 4.42 Å². The van der Waals surface area contributed by atoms with Gasteiger partial charge >= 0.3 is 5.76 Å². The normalized spacial score (nSPS) is 11.5. The summed E-state index contributed by atoms with van der Waals surface area (Å²) in [5, 5.41) is 1.90. The molecule has 18 heavy (non-hydrogen) atoms. The minimum Gasteiger partial charge on any atom is -0.408 e. The molecule has 0 aliphatic rings. The van der Waals surface area contributed by atoms with Crippen molar-refractivity contribution in [3.05, 3.63) is 46.7 Å². The van der Waals surface area contributed by atoms with Gasteiger partial charge in [-0.2, -0.15) is 4.98 Å². The summed E-state index contributed by atoms with van der Waals surface area (Å²) >= 11 is 0. The number of aromatic nitrogens is 2. The lowest BCUT2D eigenvalue weighted by atomic mass is 10.0. The van der Waals surface area contributed by atoms with Gasteiger partial charge in [0, 0.05) is 23.0 Å². The topological polar surface area (TPSA) is 56.0 Å². The number of hydrogen-bond acceptors (Lipinski definition) is 4. The molecule has 0 N–H and O–H groups in total. The van der Waals surface area contributed by atoms with E-state index in [1.807, 2.05) is 32.0 Å². The Balaban J connectivity index is 2.49. The van der Waals surface area contributed by atoms with E-state index in [-0.39, 0.29) is 5.92 Å². The van der Waals surface area contributed by atoms with Crippen LogP contribution in [0.15, 0.2) is 39.7 Å². The van der Waals surface area contributed by atoms with Crippen LogP contribution in [0.4, 0.5) is 0 Å². The first kappa shape index (κ1) is 10.9. The molecule has 0 aliphatic heterocycles. The average molecular weight is 240 g/mol. The van der Waals surface area contributed by atoms with E-state index in [0.717, 1.165) is 22.0 Å². The maximum absolute atomic E-state index is 11.4. The molecule has 2 aromatic heterocycles. The second-order valence-corrected chi connectivity index (χ2v) is 4.56. The SMILES string of the molecule is CC(C)c1nc(=O)oc2cc3ncccc3cc12. The van der Waals surface area contributed by atoms with Crippen LogP contribution in [0.3, 0.4) is 0 Å². The molecule has 3 rings (SSSR count). The van der Waals surface area contributed by atoms with Gasteiger partial charge < -0.3 is 4.42 Å². The van der Waals surface area contributed by atoms with Crippen LogP contribution in [-0.4, -0.2) is 9.97 Å². The van der Waals surface area contributed by atoms with Crippen LogP contribution in [0.1, 0.15) is 25.5 Å². The third kappa shape index (κ3) is 1.66. The van der Waals surface area contributed by atoms with Crippen LogP contribution >= 0.6 is 0 Å². The molecular weight excluding hydrogens is 228 g/mol. The molecule has 0 aliphatic carbocycles. The maximum atomic E-state index is 11.4. The summed E-state index contributed by atoms with van der Waals surface area (Å²) in [6, 6.07) is 7.63. The van der Waals surface area contributed by atoms with Gasteiger partial charge in [0.2, 0.25) is 0 Å². The highest BCUT2D eigenvalue weighted by Gasteiger charge is 2.11. The molecule has 4 heteroatoms. The van der Waals surface area contributed by atoms with Crippen molar-refractivity contribution in [2.75, 3.05) is 0 Å². The van der Waals surface area contributed by atoms with E-state index in [9.17, 15) is 4.79 Å². The predicted octanol–water partition coefficient (Wildman–Crippen LogP) is 2.86. The fraction of sp³-hybridized carbons (Fsp3) is 0.214. The van der Waals surface area contributed by atoms with Crippen molar-refractivity contribution in [1.29, 1.82) is 0 Å². The zero-order valence-corrected chi connectivity index (χ0v) is 10.2. The highest BCUT2D eigenvalue weighted by atomic mass is 16.4. The molecule has 0 radical (unpaired) electrons. The fourth-order valence-corrected chi connectivity index (χ4v) is 2.10. The fourth-order valence-electron chi connectivity index (χ4n) is 2.10. The number of hydrogen-bond donors (Lipinski definition) is 0. The monoisotopic (exact) mass is 240 g/mol. The summed E-state index contributed by atoms with van der Waals surface area (Å²) in [6.07, 6.45) is 1.72. The van der Waals surface area contributed by atoms with Crippen molar-refractivity contribution >= 4 is 21.9 Å². The molecule has 1 aromatic carbocycles. The van der Waals surface area contributed by atoms with Gasteiger partial charge in [0.15, 0.2) is 0 Å². The Hall–Kier alpha value is -2.23. The van der Waals surface area contributed by atoms with Crippen molar-refractivity contribution in [1.82, 2.24) is 9.97 Å². The lowest BCUT2D eigenvalue weighted by molar-refractivity contribution is 0.523. The lowest BCUT2D eigenvalue weighted by Crippen LogP contribution is -2.09. The maximum Gasteiger partial charge on any atom is 0.439 e. The highest BCUT2D eigenvalue weighted by molar-refractivity contribution is 5.94. The van der Waals surface area contributed by atoms with E-state index in [1.54, 1.807) is 12.3 Å². The second kappa shape index (κ2) is 3.91. The van der Waals surface area contributed by atoms with E-state index < -0.39 is 5.76 Å². The van der Waals surface area contributed by atoms with Gasteiger partial charge in [-0.3, -0.25) is 4.98 Å². The third-order valence-electron chi connectivity index (χ3n) is 2.94. The van der Waals surface area contributed by atoms with Crippen LogP contribution in [0.25, 0.3) is 21.9 Å². The van der Waals surface area contributed by atoms with Crippen LogP contribution < -0.4 is 5.76 Å². The largest absolute Gasteiger partial charge is 0.439 e. The van der Waals surface area contributed by atoms with E-state index in [1.165, 1.54) is 0 Å². The summed E-state index contributed by atoms with van der Waals surface area (Å²) in [6.45, 7) is 4.02. The smallest absolute Gasteiger partial charge is 0.408 e. The van der Waals surface area contributed by atoms with Crippen molar-refractivity contribution in [3.8, 4) is 0 Å². The number of rotatable bonds is 1. The van der Waals surface area contributed by atoms with Crippen LogP contribution in [0.5, 0.6) is 0 Å². The molecular formula is C14H12N2O2. The Morgan fingerprint density at radius 3 is 2.89 bits per heavy atom. The highest BCUT2D eigenvalue weighted by Crippen LogP contribution is 2.25. The van der Waals surface area contributed by atoms with Crippen LogP contribution in [0, 0.1) is 0 Å². The molecule has 0 bridgehead atoms. The molecule has 0 saturated heterocycles. The van der Waals surface area contributed by atoms with Gasteiger partial charge in [0.25, 0.3) is 0 Å². The second-order valence-electron chi connectivity index (χ2n) is 4.56. The van der Waals surface area contributed by atoms with Crippen molar-refractivity contribution < 1.29 is 4.42 Å². The predicted molar refractivity (Wildman–Crippen MR) is 69.7 cm³/mol. The molecule has 4 nitrogen and oxygen atoms in total. The molecule has 2 heterocycles. The zero-order chi connectivity index (χ0) is 12.7. The van der Waals surface area contributed by atoms with Gasteiger partial charge in [0.1, 0.15) is 5.58 Å². The number of fused-ring (bicyclic) bond motifs is 2. The molecule has 90 valence electrons. The van der Waals surface area contributed by atoms with Gasteiger partial charge in [-0.05, 0) is 18.1 Å². The minimum atomic E-state index is -0.554. The Bertz CT molecular complexity index is 791. The average Bonchev–Trinajstić information content (AvgIpc) is 2.35. The van der Waals surface area contributed by atoms with Gasteiger partial charge in [0.05, 0.1) is 11.2 Å². The van der Waals surface area contributed by atoms with E-state index in [2.05, 4.69) is 9.97 Å². The van der Waals surface area contributed by atoms with Gasteiger partial charge in [-0.25, -0.2) is 4.79 Å². The quantitative estimate of drug-likeness (QED) is 0.614.